The average molecular weight is 340 g/mol. The van der Waals surface area contributed by atoms with Crippen LogP contribution in [0.5, 0.6) is 11.5 Å². The van der Waals surface area contributed by atoms with Crippen molar-refractivity contribution in [3.8, 4) is 11.5 Å². The Bertz CT molecular complexity index is 493. The summed E-state index contributed by atoms with van der Waals surface area (Å²) in [6.07, 6.45) is 7.05. The van der Waals surface area contributed by atoms with E-state index in [9.17, 15) is 0 Å². The molecule has 4 heteroatoms. The van der Waals surface area contributed by atoms with Crippen molar-refractivity contribution < 1.29 is 9.47 Å². The second kappa shape index (κ2) is 5.57. The molecule has 1 aromatic carbocycles. The van der Waals surface area contributed by atoms with Crippen LogP contribution in [0.3, 0.4) is 0 Å². The first-order valence-electron chi connectivity index (χ1n) is 7.42. The predicted molar refractivity (Wildman–Crippen MR) is 83.2 cm³/mol. The van der Waals surface area contributed by atoms with Gasteiger partial charge in [-0.05, 0) is 49.3 Å². The molecule has 2 saturated carbocycles. The van der Waals surface area contributed by atoms with Crippen LogP contribution in [0.25, 0.3) is 0 Å². The molecule has 110 valence electrons. The highest BCUT2D eigenvalue weighted by Gasteiger charge is 2.34. The largest absolute Gasteiger partial charge is 0.493 e. The number of hydrogen-bond donors (Lipinski definition) is 1. The summed E-state index contributed by atoms with van der Waals surface area (Å²) in [5, 5.41) is 0. The highest BCUT2D eigenvalue weighted by atomic mass is 79.9. The molecule has 1 aromatic rings. The zero-order valence-corrected chi connectivity index (χ0v) is 13.5. The van der Waals surface area contributed by atoms with Crippen LogP contribution in [-0.4, -0.2) is 13.7 Å². The van der Waals surface area contributed by atoms with Crippen LogP contribution in [0.1, 0.15) is 44.1 Å². The van der Waals surface area contributed by atoms with Crippen LogP contribution in [0, 0.1) is 5.92 Å². The Balaban J connectivity index is 1.87. The first-order valence-corrected chi connectivity index (χ1v) is 8.21. The quantitative estimate of drug-likeness (QED) is 0.882. The molecule has 20 heavy (non-hydrogen) atoms. The van der Waals surface area contributed by atoms with E-state index in [2.05, 4.69) is 22.0 Å². The van der Waals surface area contributed by atoms with Gasteiger partial charge in [-0.3, -0.25) is 0 Å². The molecule has 0 aromatic heterocycles. The van der Waals surface area contributed by atoms with Crippen LogP contribution in [-0.2, 0) is 5.54 Å². The third-order valence-electron chi connectivity index (χ3n) is 4.46. The maximum absolute atomic E-state index is 6.56. The molecular weight excluding hydrogens is 318 g/mol. The summed E-state index contributed by atoms with van der Waals surface area (Å²) in [4.78, 5) is 0. The molecular formula is C16H22BrNO2. The fourth-order valence-corrected chi connectivity index (χ4v) is 3.67. The van der Waals surface area contributed by atoms with Gasteiger partial charge in [0.25, 0.3) is 0 Å². The number of hydrogen-bond acceptors (Lipinski definition) is 3. The minimum Gasteiger partial charge on any atom is -0.493 e. The zero-order chi connectivity index (χ0) is 14.2. The van der Waals surface area contributed by atoms with Crippen molar-refractivity contribution in [3.63, 3.8) is 0 Å². The Kier molecular flexibility index (Phi) is 3.95. The van der Waals surface area contributed by atoms with E-state index in [0.29, 0.717) is 0 Å². The normalized spacial score (nSPS) is 20.9. The van der Waals surface area contributed by atoms with Gasteiger partial charge in [-0.2, -0.15) is 0 Å². The number of methoxy groups -OCH3 is 1. The van der Waals surface area contributed by atoms with E-state index >= 15 is 0 Å². The smallest absolute Gasteiger partial charge is 0.162 e. The van der Waals surface area contributed by atoms with Gasteiger partial charge < -0.3 is 15.2 Å². The Labute approximate surface area is 129 Å². The van der Waals surface area contributed by atoms with E-state index in [1.807, 2.05) is 6.07 Å². The number of ether oxygens (including phenoxy) is 2. The maximum atomic E-state index is 6.56. The van der Waals surface area contributed by atoms with Crippen LogP contribution in [0.4, 0.5) is 0 Å². The third-order valence-corrected chi connectivity index (χ3v) is 5.11. The maximum Gasteiger partial charge on any atom is 0.162 e. The molecule has 0 aliphatic heterocycles. The predicted octanol–water partition coefficient (Wildman–Crippen LogP) is 3.97. The topological polar surface area (TPSA) is 44.5 Å². The molecule has 0 saturated heterocycles. The number of halogens is 1. The first-order chi connectivity index (χ1) is 9.62. The molecule has 0 heterocycles. The molecule has 0 radical (unpaired) electrons. The van der Waals surface area contributed by atoms with Crippen molar-refractivity contribution in [3.05, 3.63) is 22.2 Å². The lowest BCUT2D eigenvalue weighted by Gasteiger charge is -2.26. The highest BCUT2D eigenvalue weighted by Crippen LogP contribution is 2.44. The van der Waals surface area contributed by atoms with Gasteiger partial charge in [0.05, 0.1) is 13.7 Å². The molecule has 0 atom stereocenters. The monoisotopic (exact) mass is 339 g/mol. The van der Waals surface area contributed by atoms with Crippen LogP contribution < -0.4 is 15.2 Å². The SMILES string of the molecule is COc1cc(C2(N)CCCC2)c(Br)cc1OCC1CC1. The molecule has 2 aliphatic carbocycles. The van der Waals surface area contributed by atoms with Gasteiger partial charge in [-0.15, -0.1) is 0 Å². The zero-order valence-electron chi connectivity index (χ0n) is 12.0. The lowest BCUT2D eigenvalue weighted by Crippen LogP contribution is -2.33. The van der Waals surface area contributed by atoms with Crippen LogP contribution in [0.15, 0.2) is 16.6 Å². The summed E-state index contributed by atoms with van der Waals surface area (Å²) in [7, 11) is 1.69. The van der Waals surface area contributed by atoms with Crippen molar-refractivity contribution in [2.24, 2.45) is 11.7 Å². The summed E-state index contributed by atoms with van der Waals surface area (Å²) >= 11 is 3.66. The molecule has 0 bridgehead atoms. The Morgan fingerprint density at radius 2 is 1.95 bits per heavy atom. The van der Waals surface area contributed by atoms with Gasteiger partial charge in [0.15, 0.2) is 11.5 Å². The Morgan fingerprint density at radius 1 is 1.25 bits per heavy atom. The van der Waals surface area contributed by atoms with Crippen molar-refractivity contribution in [2.45, 2.75) is 44.1 Å². The van der Waals surface area contributed by atoms with Crippen LogP contribution in [0.2, 0.25) is 0 Å². The molecule has 2 fully saturated rings. The summed E-state index contributed by atoms with van der Waals surface area (Å²) in [6, 6.07) is 4.07. The standard InChI is InChI=1S/C16H22BrNO2/c1-19-14-8-12(16(18)6-2-3-7-16)13(17)9-15(14)20-10-11-4-5-11/h8-9,11H,2-7,10,18H2,1H3. The second-order valence-corrected chi connectivity index (χ2v) is 6.95. The summed E-state index contributed by atoms with van der Waals surface area (Å²) in [5.41, 5.74) is 7.48. The average Bonchev–Trinajstić information content (AvgIpc) is 3.17. The molecule has 0 spiro atoms. The second-order valence-electron chi connectivity index (χ2n) is 6.10. The first kappa shape index (κ1) is 14.2. The Hall–Kier alpha value is -0.740. The van der Waals surface area contributed by atoms with Crippen molar-refractivity contribution in [1.29, 1.82) is 0 Å². The molecule has 0 unspecified atom stereocenters. The van der Waals surface area contributed by atoms with Gasteiger partial charge in [0.1, 0.15) is 0 Å². The fraction of sp³-hybridized carbons (Fsp3) is 0.625. The van der Waals surface area contributed by atoms with E-state index in [1.165, 1.54) is 25.7 Å². The fourth-order valence-electron chi connectivity index (χ4n) is 2.96. The van der Waals surface area contributed by atoms with E-state index in [4.69, 9.17) is 15.2 Å². The van der Waals surface area contributed by atoms with Crippen molar-refractivity contribution in [2.75, 3.05) is 13.7 Å². The van der Waals surface area contributed by atoms with Gasteiger partial charge >= 0.3 is 0 Å². The number of nitrogens with two attached hydrogens (primary N) is 1. The van der Waals surface area contributed by atoms with Crippen molar-refractivity contribution in [1.82, 2.24) is 0 Å². The summed E-state index contributed by atoms with van der Waals surface area (Å²) in [6.45, 7) is 0.788. The van der Waals surface area contributed by atoms with E-state index in [0.717, 1.165) is 46.9 Å². The minimum absolute atomic E-state index is 0.221. The molecule has 2 aliphatic rings. The lowest BCUT2D eigenvalue weighted by molar-refractivity contribution is 0.279. The number of benzene rings is 1. The van der Waals surface area contributed by atoms with Crippen LogP contribution >= 0.6 is 15.9 Å². The van der Waals surface area contributed by atoms with Gasteiger partial charge in [0.2, 0.25) is 0 Å². The minimum atomic E-state index is -0.221. The lowest BCUT2D eigenvalue weighted by atomic mass is 9.89. The van der Waals surface area contributed by atoms with Crippen molar-refractivity contribution >= 4 is 15.9 Å². The molecule has 3 rings (SSSR count). The molecule has 3 nitrogen and oxygen atoms in total. The van der Waals surface area contributed by atoms with E-state index in [1.54, 1.807) is 7.11 Å². The van der Waals surface area contributed by atoms with E-state index in [-0.39, 0.29) is 5.54 Å². The highest BCUT2D eigenvalue weighted by molar-refractivity contribution is 9.10. The Morgan fingerprint density at radius 3 is 2.55 bits per heavy atom. The molecule has 0 amide bonds. The van der Waals surface area contributed by atoms with Gasteiger partial charge in [0, 0.05) is 10.0 Å². The number of rotatable bonds is 5. The van der Waals surface area contributed by atoms with Gasteiger partial charge in [-0.25, -0.2) is 0 Å². The summed E-state index contributed by atoms with van der Waals surface area (Å²) < 4.78 is 12.4. The third kappa shape index (κ3) is 2.82. The van der Waals surface area contributed by atoms with E-state index < -0.39 is 0 Å². The van der Waals surface area contributed by atoms with Gasteiger partial charge in [-0.1, -0.05) is 28.8 Å². The molecule has 2 N–H and O–H groups in total. The summed E-state index contributed by atoms with van der Waals surface area (Å²) in [5.74, 6) is 2.34.